The molecule has 1 aromatic carbocycles. The number of hydrogen-bond donors (Lipinski definition) is 0. The zero-order valence-corrected chi connectivity index (χ0v) is 12.3. The average molecular weight is 285 g/mol. The molecule has 3 heterocycles. The van der Waals surface area contributed by atoms with Crippen LogP contribution < -0.4 is 0 Å². The zero-order chi connectivity index (χ0) is 14.9. The number of rotatable bonds is 2. The number of fused-ring (bicyclic) bond motifs is 1. The summed E-state index contributed by atoms with van der Waals surface area (Å²) >= 11 is 0. The summed E-state index contributed by atoms with van der Waals surface area (Å²) in [7, 11) is 0. The third kappa shape index (κ3) is 2.07. The molecule has 0 radical (unpaired) electrons. The van der Waals surface area contributed by atoms with Gasteiger partial charge in [0, 0.05) is 23.5 Å². The van der Waals surface area contributed by atoms with Crippen LogP contribution in [0.25, 0.3) is 27.9 Å². The average Bonchev–Trinajstić information content (AvgIpc) is 3.03. The highest BCUT2D eigenvalue weighted by molar-refractivity contribution is 5.83. The Kier molecular flexibility index (Phi) is 2.97. The van der Waals surface area contributed by atoms with Gasteiger partial charge < -0.3 is 4.40 Å². The van der Waals surface area contributed by atoms with Gasteiger partial charge in [0.05, 0.1) is 23.7 Å². The van der Waals surface area contributed by atoms with Gasteiger partial charge in [-0.05, 0) is 36.2 Å². The molecular formula is C19H15N3. The molecule has 0 saturated heterocycles. The molecule has 4 rings (SSSR count). The van der Waals surface area contributed by atoms with Gasteiger partial charge in [-0.3, -0.25) is 4.98 Å². The molecule has 0 atom stereocenters. The maximum atomic E-state index is 4.63. The molecule has 0 aliphatic heterocycles. The van der Waals surface area contributed by atoms with Gasteiger partial charge >= 0.3 is 0 Å². The number of pyridine rings is 2. The second-order valence-electron chi connectivity index (χ2n) is 5.36. The van der Waals surface area contributed by atoms with E-state index in [2.05, 4.69) is 59.4 Å². The lowest BCUT2D eigenvalue weighted by molar-refractivity contribution is 1.15. The van der Waals surface area contributed by atoms with E-state index in [1.165, 1.54) is 11.1 Å². The molecule has 0 fully saturated rings. The smallest absolute Gasteiger partial charge is 0.0991 e. The molecule has 0 spiro atoms. The van der Waals surface area contributed by atoms with Crippen LogP contribution in [0.3, 0.4) is 0 Å². The number of aryl methyl sites for hydroxylation is 1. The SMILES string of the molecule is Cc1ccccc1-c1ncccc1-c1ccn2cncc2c1. The van der Waals surface area contributed by atoms with Gasteiger partial charge in [0.25, 0.3) is 0 Å². The molecule has 0 saturated carbocycles. The molecule has 3 heteroatoms. The molecule has 0 amide bonds. The van der Waals surface area contributed by atoms with Crippen molar-refractivity contribution >= 4 is 5.52 Å². The molecular weight excluding hydrogens is 270 g/mol. The Morgan fingerprint density at radius 3 is 2.73 bits per heavy atom. The maximum absolute atomic E-state index is 4.63. The maximum Gasteiger partial charge on any atom is 0.0991 e. The number of imidazole rings is 1. The number of aromatic nitrogens is 3. The Morgan fingerprint density at radius 2 is 1.82 bits per heavy atom. The highest BCUT2D eigenvalue weighted by Gasteiger charge is 2.10. The number of benzene rings is 1. The third-order valence-electron chi connectivity index (χ3n) is 3.93. The first-order valence-corrected chi connectivity index (χ1v) is 7.26. The van der Waals surface area contributed by atoms with Crippen molar-refractivity contribution < 1.29 is 0 Å². The van der Waals surface area contributed by atoms with Crippen LogP contribution in [0.1, 0.15) is 5.56 Å². The van der Waals surface area contributed by atoms with Crippen molar-refractivity contribution in [1.29, 1.82) is 0 Å². The molecule has 0 aliphatic carbocycles. The summed E-state index contributed by atoms with van der Waals surface area (Å²) in [4.78, 5) is 8.81. The van der Waals surface area contributed by atoms with Gasteiger partial charge in [0.15, 0.2) is 0 Å². The number of nitrogens with zero attached hydrogens (tertiary/aromatic N) is 3. The predicted octanol–water partition coefficient (Wildman–Crippen LogP) is 4.37. The normalized spacial score (nSPS) is 11.0. The van der Waals surface area contributed by atoms with Gasteiger partial charge in [0.2, 0.25) is 0 Å². The van der Waals surface area contributed by atoms with Crippen LogP contribution in [0.5, 0.6) is 0 Å². The van der Waals surface area contributed by atoms with Crippen LogP contribution in [-0.4, -0.2) is 14.4 Å². The second-order valence-corrected chi connectivity index (χ2v) is 5.36. The largest absolute Gasteiger partial charge is 0.306 e. The molecule has 0 unspecified atom stereocenters. The summed E-state index contributed by atoms with van der Waals surface area (Å²) in [6.07, 6.45) is 7.56. The first kappa shape index (κ1) is 12.8. The first-order chi connectivity index (χ1) is 10.8. The Hall–Kier alpha value is -2.94. The van der Waals surface area contributed by atoms with Gasteiger partial charge in [-0.15, -0.1) is 0 Å². The standard InChI is InChI=1S/C19H15N3/c1-14-5-2-3-6-17(14)19-18(7-4-9-21-19)15-8-10-22-13-20-12-16(22)11-15/h2-13H,1H3. The monoisotopic (exact) mass is 285 g/mol. The summed E-state index contributed by atoms with van der Waals surface area (Å²) in [6.45, 7) is 2.12. The molecule has 3 nitrogen and oxygen atoms in total. The fraction of sp³-hybridized carbons (Fsp3) is 0.0526. The Morgan fingerprint density at radius 1 is 0.955 bits per heavy atom. The van der Waals surface area contributed by atoms with E-state index in [4.69, 9.17) is 0 Å². The molecule has 3 aromatic heterocycles. The van der Waals surface area contributed by atoms with Gasteiger partial charge in [-0.25, -0.2) is 4.98 Å². The van der Waals surface area contributed by atoms with E-state index in [0.717, 1.165) is 22.3 Å². The quantitative estimate of drug-likeness (QED) is 0.547. The Bertz CT molecular complexity index is 953. The summed E-state index contributed by atoms with van der Waals surface area (Å²) in [5.41, 5.74) is 6.79. The molecule has 106 valence electrons. The molecule has 22 heavy (non-hydrogen) atoms. The van der Waals surface area contributed by atoms with Crippen molar-refractivity contribution in [1.82, 2.24) is 14.4 Å². The highest BCUT2D eigenvalue weighted by atomic mass is 15.0. The van der Waals surface area contributed by atoms with Crippen molar-refractivity contribution in [3.8, 4) is 22.4 Å². The van der Waals surface area contributed by atoms with Gasteiger partial charge in [-0.2, -0.15) is 0 Å². The van der Waals surface area contributed by atoms with E-state index in [1.807, 2.05) is 35.4 Å². The predicted molar refractivity (Wildman–Crippen MR) is 88.6 cm³/mol. The molecule has 4 aromatic rings. The summed E-state index contributed by atoms with van der Waals surface area (Å²) < 4.78 is 2.01. The molecule has 0 bridgehead atoms. The van der Waals surface area contributed by atoms with E-state index in [-0.39, 0.29) is 0 Å². The van der Waals surface area contributed by atoms with Crippen LogP contribution in [0, 0.1) is 6.92 Å². The summed E-state index contributed by atoms with van der Waals surface area (Å²) in [5, 5.41) is 0. The van der Waals surface area contributed by atoms with Gasteiger partial charge in [0.1, 0.15) is 0 Å². The third-order valence-corrected chi connectivity index (χ3v) is 3.93. The fourth-order valence-corrected chi connectivity index (χ4v) is 2.78. The summed E-state index contributed by atoms with van der Waals surface area (Å²) in [6, 6.07) is 16.7. The lowest BCUT2D eigenvalue weighted by Crippen LogP contribution is -1.92. The number of hydrogen-bond acceptors (Lipinski definition) is 2. The van der Waals surface area contributed by atoms with Crippen LogP contribution in [0.2, 0.25) is 0 Å². The van der Waals surface area contributed by atoms with Crippen molar-refractivity contribution in [2.75, 3.05) is 0 Å². The minimum absolute atomic E-state index is 1.02. The van der Waals surface area contributed by atoms with E-state index < -0.39 is 0 Å². The molecule has 0 N–H and O–H groups in total. The lowest BCUT2D eigenvalue weighted by atomic mass is 9.97. The van der Waals surface area contributed by atoms with E-state index in [9.17, 15) is 0 Å². The van der Waals surface area contributed by atoms with Crippen molar-refractivity contribution in [3.05, 3.63) is 79.0 Å². The van der Waals surface area contributed by atoms with E-state index in [0.29, 0.717) is 0 Å². The van der Waals surface area contributed by atoms with Crippen molar-refractivity contribution in [2.45, 2.75) is 6.92 Å². The van der Waals surface area contributed by atoms with Crippen LogP contribution in [-0.2, 0) is 0 Å². The zero-order valence-electron chi connectivity index (χ0n) is 12.3. The van der Waals surface area contributed by atoms with Crippen molar-refractivity contribution in [2.24, 2.45) is 0 Å². The minimum atomic E-state index is 1.02. The first-order valence-electron chi connectivity index (χ1n) is 7.26. The second kappa shape index (κ2) is 5.11. The minimum Gasteiger partial charge on any atom is -0.306 e. The van der Waals surface area contributed by atoms with Crippen molar-refractivity contribution in [3.63, 3.8) is 0 Å². The van der Waals surface area contributed by atoms with Gasteiger partial charge in [-0.1, -0.05) is 30.3 Å². The molecule has 0 aliphatic rings. The van der Waals surface area contributed by atoms with E-state index >= 15 is 0 Å². The Balaban J connectivity index is 1.94. The fourth-order valence-electron chi connectivity index (χ4n) is 2.78. The van der Waals surface area contributed by atoms with Crippen LogP contribution >= 0.6 is 0 Å². The van der Waals surface area contributed by atoms with Crippen LogP contribution in [0.4, 0.5) is 0 Å². The topological polar surface area (TPSA) is 30.2 Å². The summed E-state index contributed by atoms with van der Waals surface area (Å²) in [5.74, 6) is 0. The Labute approximate surface area is 128 Å². The highest BCUT2D eigenvalue weighted by Crippen LogP contribution is 2.32. The lowest BCUT2D eigenvalue weighted by Gasteiger charge is -2.11. The van der Waals surface area contributed by atoms with Crippen LogP contribution in [0.15, 0.2) is 73.4 Å². The van der Waals surface area contributed by atoms with E-state index in [1.54, 1.807) is 0 Å².